The number of methoxy groups -OCH3 is 1. The van der Waals surface area contributed by atoms with Crippen molar-refractivity contribution in [1.82, 2.24) is 0 Å². The van der Waals surface area contributed by atoms with E-state index in [9.17, 15) is 4.79 Å². The molecule has 17 heavy (non-hydrogen) atoms. The molecule has 0 saturated heterocycles. The second-order valence-corrected chi connectivity index (χ2v) is 3.60. The number of benzene rings is 1. The summed E-state index contributed by atoms with van der Waals surface area (Å²) in [4.78, 5) is 11.1. The number of hydrogen-bond donors (Lipinski definition) is 0. The van der Waals surface area contributed by atoms with Gasteiger partial charge in [-0.05, 0) is 24.6 Å². The van der Waals surface area contributed by atoms with E-state index in [2.05, 4.69) is 0 Å². The number of alkyl halides is 1. The van der Waals surface area contributed by atoms with Crippen LogP contribution in [0.4, 0.5) is 0 Å². The highest BCUT2D eigenvalue weighted by atomic mass is 35.5. The Bertz CT molecular complexity index is 350. The summed E-state index contributed by atoms with van der Waals surface area (Å²) in [7, 11) is 1.59. The van der Waals surface area contributed by atoms with Crippen molar-refractivity contribution in [3.05, 3.63) is 29.8 Å². The van der Waals surface area contributed by atoms with Gasteiger partial charge in [-0.2, -0.15) is 0 Å². The summed E-state index contributed by atoms with van der Waals surface area (Å²) in [5.74, 6) is 0.315. The molecule has 0 radical (unpaired) electrons. The minimum absolute atomic E-state index is 0.159. The predicted octanol–water partition coefficient (Wildman–Crippen LogP) is 2.51. The fourth-order valence-corrected chi connectivity index (χ4v) is 1.40. The van der Waals surface area contributed by atoms with Crippen LogP contribution in [0.2, 0.25) is 0 Å². The van der Waals surface area contributed by atoms with Gasteiger partial charge in [-0.1, -0.05) is 23.7 Å². The highest BCUT2D eigenvalue weighted by Gasteiger charge is 2.11. The predicted molar refractivity (Wildman–Crippen MR) is 64.2 cm³/mol. The summed E-state index contributed by atoms with van der Waals surface area (Å²) >= 11 is 5.98. The molecule has 5 heteroatoms. The van der Waals surface area contributed by atoms with Crippen molar-refractivity contribution in [3.63, 3.8) is 0 Å². The van der Waals surface area contributed by atoms with Gasteiger partial charge in [0.25, 0.3) is 0 Å². The summed E-state index contributed by atoms with van der Waals surface area (Å²) in [6.07, 6.45) is 0. The molecule has 0 spiro atoms. The fourth-order valence-electron chi connectivity index (χ4n) is 1.20. The summed E-state index contributed by atoms with van der Waals surface area (Å²) in [5, 5.41) is 0. The van der Waals surface area contributed by atoms with Crippen LogP contribution in [-0.4, -0.2) is 26.3 Å². The zero-order chi connectivity index (χ0) is 12.7. The van der Waals surface area contributed by atoms with Crippen molar-refractivity contribution in [1.29, 1.82) is 0 Å². The summed E-state index contributed by atoms with van der Waals surface area (Å²) in [6.45, 7) is 1.91. The zero-order valence-electron chi connectivity index (χ0n) is 9.81. The standard InChI is InChI=1S/C12H15ClO4/c1-3-16-11(14)8-17-12(13)9-4-6-10(15-2)7-5-9/h4-7,12H,3,8H2,1-2H3. The van der Waals surface area contributed by atoms with Gasteiger partial charge in [0.15, 0.2) is 5.56 Å². The molecule has 1 unspecified atom stereocenters. The normalized spacial score (nSPS) is 11.9. The third-order valence-corrected chi connectivity index (χ3v) is 2.41. The molecule has 0 aromatic heterocycles. The van der Waals surface area contributed by atoms with Crippen LogP contribution in [0.3, 0.4) is 0 Å². The Morgan fingerprint density at radius 1 is 1.35 bits per heavy atom. The van der Waals surface area contributed by atoms with Crippen LogP contribution in [0.5, 0.6) is 5.75 Å². The van der Waals surface area contributed by atoms with E-state index in [1.54, 1.807) is 38.3 Å². The molecule has 94 valence electrons. The molecule has 0 bridgehead atoms. The Balaban J connectivity index is 2.46. The van der Waals surface area contributed by atoms with Crippen LogP contribution >= 0.6 is 11.6 Å². The van der Waals surface area contributed by atoms with E-state index in [-0.39, 0.29) is 6.61 Å². The maximum Gasteiger partial charge on any atom is 0.332 e. The number of ether oxygens (including phenoxy) is 3. The quantitative estimate of drug-likeness (QED) is 0.581. The molecule has 1 aromatic rings. The molecule has 0 aliphatic heterocycles. The number of carbonyl (C=O) groups is 1. The van der Waals surface area contributed by atoms with E-state index in [0.717, 1.165) is 11.3 Å². The van der Waals surface area contributed by atoms with Crippen molar-refractivity contribution in [2.75, 3.05) is 20.3 Å². The van der Waals surface area contributed by atoms with E-state index >= 15 is 0 Å². The molecule has 0 N–H and O–H groups in total. The smallest absolute Gasteiger partial charge is 0.332 e. The van der Waals surface area contributed by atoms with Gasteiger partial charge in [0.05, 0.1) is 13.7 Å². The zero-order valence-corrected chi connectivity index (χ0v) is 10.6. The van der Waals surface area contributed by atoms with E-state index in [4.69, 9.17) is 25.8 Å². The third-order valence-electron chi connectivity index (χ3n) is 2.03. The summed E-state index contributed by atoms with van der Waals surface area (Å²) in [6, 6.07) is 7.11. The van der Waals surface area contributed by atoms with E-state index in [1.165, 1.54) is 0 Å². The minimum atomic E-state index is -0.676. The van der Waals surface area contributed by atoms with Crippen LogP contribution in [0, 0.1) is 0 Å². The lowest BCUT2D eigenvalue weighted by Crippen LogP contribution is -2.13. The van der Waals surface area contributed by atoms with Gasteiger partial charge >= 0.3 is 5.97 Å². The Morgan fingerprint density at radius 2 is 2.00 bits per heavy atom. The Hall–Kier alpha value is -1.26. The largest absolute Gasteiger partial charge is 0.497 e. The number of carbonyl (C=O) groups excluding carboxylic acids is 1. The average Bonchev–Trinajstić information content (AvgIpc) is 2.36. The summed E-state index contributed by atoms with van der Waals surface area (Å²) in [5.41, 5.74) is 0.0853. The molecule has 1 atom stereocenters. The van der Waals surface area contributed by atoms with Crippen molar-refractivity contribution in [3.8, 4) is 5.75 Å². The first-order chi connectivity index (χ1) is 8.17. The van der Waals surface area contributed by atoms with Crippen molar-refractivity contribution in [2.45, 2.75) is 12.5 Å². The third kappa shape index (κ3) is 4.63. The van der Waals surface area contributed by atoms with Crippen molar-refractivity contribution < 1.29 is 19.0 Å². The molecule has 0 amide bonds. The molecule has 0 saturated carbocycles. The molecule has 0 aliphatic rings. The SMILES string of the molecule is CCOC(=O)COC(Cl)c1ccc(OC)cc1. The van der Waals surface area contributed by atoms with E-state index in [1.807, 2.05) is 0 Å². The first-order valence-corrected chi connectivity index (χ1v) is 5.66. The first-order valence-electron chi connectivity index (χ1n) is 5.22. The van der Waals surface area contributed by atoms with Gasteiger partial charge < -0.3 is 14.2 Å². The maximum atomic E-state index is 11.1. The van der Waals surface area contributed by atoms with E-state index in [0.29, 0.717) is 6.61 Å². The number of esters is 1. The van der Waals surface area contributed by atoms with Gasteiger partial charge in [0, 0.05) is 0 Å². The Labute approximate surface area is 105 Å². The lowest BCUT2D eigenvalue weighted by Gasteiger charge is -2.11. The van der Waals surface area contributed by atoms with Crippen LogP contribution in [0.25, 0.3) is 0 Å². The molecular weight excluding hydrogens is 244 g/mol. The second kappa shape index (κ2) is 7.14. The molecule has 0 aliphatic carbocycles. The van der Waals surface area contributed by atoms with Crippen LogP contribution in [0.1, 0.15) is 18.1 Å². The molecule has 1 rings (SSSR count). The monoisotopic (exact) mass is 258 g/mol. The molecule has 4 nitrogen and oxygen atoms in total. The van der Waals surface area contributed by atoms with Crippen LogP contribution < -0.4 is 4.74 Å². The van der Waals surface area contributed by atoms with Gasteiger partial charge in [-0.25, -0.2) is 4.79 Å². The topological polar surface area (TPSA) is 44.8 Å². The van der Waals surface area contributed by atoms with Gasteiger partial charge in [0.1, 0.15) is 12.4 Å². The molecule has 0 fully saturated rings. The highest BCUT2D eigenvalue weighted by molar-refractivity contribution is 6.19. The van der Waals surface area contributed by atoms with Gasteiger partial charge in [-0.15, -0.1) is 0 Å². The molecule has 1 aromatic carbocycles. The average molecular weight is 259 g/mol. The lowest BCUT2D eigenvalue weighted by atomic mass is 10.2. The van der Waals surface area contributed by atoms with Crippen LogP contribution in [-0.2, 0) is 14.3 Å². The van der Waals surface area contributed by atoms with Gasteiger partial charge in [0.2, 0.25) is 0 Å². The lowest BCUT2D eigenvalue weighted by molar-refractivity contribution is -0.149. The van der Waals surface area contributed by atoms with Crippen molar-refractivity contribution >= 4 is 17.6 Å². The van der Waals surface area contributed by atoms with Crippen LogP contribution in [0.15, 0.2) is 24.3 Å². The van der Waals surface area contributed by atoms with Gasteiger partial charge in [-0.3, -0.25) is 0 Å². The highest BCUT2D eigenvalue weighted by Crippen LogP contribution is 2.23. The number of hydrogen-bond acceptors (Lipinski definition) is 4. The Kier molecular flexibility index (Phi) is 5.80. The van der Waals surface area contributed by atoms with E-state index < -0.39 is 11.5 Å². The van der Waals surface area contributed by atoms with Crippen molar-refractivity contribution in [2.24, 2.45) is 0 Å². The minimum Gasteiger partial charge on any atom is -0.497 e. The maximum absolute atomic E-state index is 11.1. The first kappa shape index (κ1) is 13.8. The second-order valence-electron chi connectivity index (χ2n) is 3.21. The Morgan fingerprint density at radius 3 is 2.53 bits per heavy atom. The molecule has 0 heterocycles. The number of halogens is 1. The molecular formula is C12H15ClO4. The number of rotatable bonds is 6. The summed E-state index contributed by atoms with van der Waals surface area (Å²) < 4.78 is 14.9. The fraction of sp³-hybridized carbons (Fsp3) is 0.417.